The Hall–Kier alpha value is -1.56. The van der Waals surface area contributed by atoms with E-state index in [4.69, 9.17) is 5.73 Å². The summed E-state index contributed by atoms with van der Waals surface area (Å²) < 4.78 is 22.8. The highest BCUT2D eigenvalue weighted by molar-refractivity contribution is 7.90. The zero-order chi connectivity index (χ0) is 13.1. The molecule has 0 bridgehead atoms. The van der Waals surface area contributed by atoms with E-state index in [0.29, 0.717) is 6.54 Å². The van der Waals surface area contributed by atoms with E-state index in [2.05, 4.69) is 5.32 Å². The first kappa shape index (κ1) is 13.5. The van der Waals surface area contributed by atoms with Crippen LogP contribution in [0, 0.1) is 0 Å². The zero-order valence-corrected chi connectivity index (χ0v) is 10.7. The van der Waals surface area contributed by atoms with Crippen molar-refractivity contribution >= 4 is 21.4 Å². The summed E-state index contributed by atoms with van der Waals surface area (Å²) in [6.07, 6.45) is 1.89. The Labute approximate surface area is 101 Å². The number of hydrogen-bond acceptors (Lipinski definition) is 4. The molecule has 0 saturated carbocycles. The van der Waals surface area contributed by atoms with Crippen LogP contribution < -0.4 is 11.1 Å². The summed E-state index contributed by atoms with van der Waals surface area (Å²) >= 11 is 0. The Bertz CT molecular complexity index is 524. The van der Waals surface area contributed by atoms with Gasteiger partial charge in [-0.15, -0.1) is 0 Å². The molecule has 0 heterocycles. The first-order valence-corrected chi connectivity index (χ1v) is 7.12. The molecule has 17 heavy (non-hydrogen) atoms. The van der Waals surface area contributed by atoms with Crippen LogP contribution in [0.15, 0.2) is 23.1 Å². The number of amides is 1. The van der Waals surface area contributed by atoms with Crippen LogP contribution in [0.3, 0.4) is 0 Å². The first-order chi connectivity index (χ1) is 7.84. The highest BCUT2D eigenvalue weighted by atomic mass is 32.2. The Morgan fingerprint density at radius 1 is 1.35 bits per heavy atom. The topological polar surface area (TPSA) is 89.3 Å². The Kier molecular flexibility index (Phi) is 4.11. The Morgan fingerprint density at radius 3 is 2.53 bits per heavy atom. The van der Waals surface area contributed by atoms with Gasteiger partial charge in [-0.05, 0) is 24.6 Å². The highest BCUT2D eigenvalue weighted by Gasteiger charge is 2.12. The van der Waals surface area contributed by atoms with Crippen molar-refractivity contribution in [2.24, 2.45) is 0 Å². The van der Waals surface area contributed by atoms with Gasteiger partial charge < -0.3 is 11.1 Å². The molecule has 0 unspecified atom stereocenters. The smallest absolute Gasteiger partial charge is 0.251 e. The molecule has 0 aliphatic rings. The van der Waals surface area contributed by atoms with Gasteiger partial charge in [0.05, 0.1) is 4.90 Å². The van der Waals surface area contributed by atoms with Crippen molar-refractivity contribution in [1.82, 2.24) is 5.32 Å². The van der Waals surface area contributed by atoms with E-state index in [0.717, 1.165) is 12.7 Å². The van der Waals surface area contributed by atoms with Crippen molar-refractivity contribution in [2.45, 2.75) is 18.2 Å². The van der Waals surface area contributed by atoms with Gasteiger partial charge in [0, 0.05) is 24.1 Å². The molecule has 1 aromatic carbocycles. The standard InChI is InChI=1S/C11H16N2O3S/c1-3-4-13-11(14)8-5-9(12)7-10(6-8)17(2,15)16/h5-7H,3-4,12H2,1-2H3,(H,13,14). The molecule has 6 heteroatoms. The third kappa shape index (κ3) is 3.74. The van der Waals surface area contributed by atoms with Crippen LogP contribution in [0.2, 0.25) is 0 Å². The van der Waals surface area contributed by atoms with E-state index < -0.39 is 9.84 Å². The summed E-state index contributed by atoms with van der Waals surface area (Å²) in [5, 5.41) is 2.67. The second-order valence-corrected chi connectivity index (χ2v) is 5.83. The third-order valence-corrected chi connectivity index (χ3v) is 3.25. The number of anilines is 1. The van der Waals surface area contributed by atoms with Crippen LogP contribution in [0.25, 0.3) is 0 Å². The number of benzene rings is 1. The minimum absolute atomic E-state index is 0.0548. The highest BCUT2D eigenvalue weighted by Crippen LogP contribution is 2.16. The van der Waals surface area contributed by atoms with E-state index in [-0.39, 0.29) is 22.1 Å². The average molecular weight is 256 g/mol. The SMILES string of the molecule is CCCNC(=O)c1cc(N)cc(S(C)(=O)=O)c1. The van der Waals surface area contributed by atoms with Gasteiger partial charge in [-0.3, -0.25) is 4.79 Å². The molecular formula is C11H16N2O3S. The summed E-state index contributed by atoms with van der Waals surface area (Å²) in [6.45, 7) is 2.48. The fourth-order valence-electron chi connectivity index (χ4n) is 1.31. The van der Waals surface area contributed by atoms with E-state index in [1.165, 1.54) is 18.2 Å². The molecule has 1 amide bonds. The maximum atomic E-state index is 11.7. The van der Waals surface area contributed by atoms with Gasteiger partial charge in [0.1, 0.15) is 0 Å². The molecule has 0 spiro atoms. The van der Waals surface area contributed by atoms with E-state index in [9.17, 15) is 13.2 Å². The van der Waals surface area contributed by atoms with Crippen molar-refractivity contribution in [1.29, 1.82) is 0 Å². The molecule has 3 N–H and O–H groups in total. The van der Waals surface area contributed by atoms with Gasteiger partial charge in [-0.1, -0.05) is 6.92 Å². The second kappa shape index (κ2) is 5.18. The molecule has 0 fully saturated rings. The molecule has 1 rings (SSSR count). The molecule has 5 nitrogen and oxygen atoms in total. The van der Waals surface area contributed by atoms with Gasteiger partial charge in [0.25, 0.3) is 5.91 Å². The van der Waals surface area contributed by atoms with Crippen molar-refractivity contribution < 1.29 is 13.2 Å². The Morgan fingerprint density at radius 2 is 2.00 bits per heavy atom. The van der Waals surface area contributed by atoms with Crippen molar-refractivity contribution in [3.8, 4) is 0 Å². The predicted octanol–water partition coefficient (Wildman–Crippen LogP) is 0.812. The quantitative estimate of drug-likeness (QED) is 0.780. The molecule has 0 aromatic heterocycles. The number of carbonyl (C=O) groups excluding carboxylic acids is 1. The van der Waals surface area contributed by atoms with Crippen LogP contribution >= 0.6 is 0 Å². The number of sulfone groups is 1. The molecule has 0 radical (unpaired) electrons. The lowest BCUT2D eigenvalue weighted by molar-refractivity contribution is 0.0953. The molecule has 0 saturated heterocycles. The average Bonchev–Trinajstić information content (AvgIpc) is 2.23. The van der Waals surface area contributed by atoms with Crippen molar-refractivity contribution in [2.75, 3.05) is 18.5 Å². The van der Waals surface area contributed by atoms with Crippen LogP contribution in [0.5, 0.6) is 0 Å². The number of rotatable bonds is 4. The van der Waals surface area contributed by atoms with Crippen molar-refractivity contribution in [3.05, 3.63) is 23.8 Å². The number of nitrogen functional groups attached to an aromatic ring is 1. The number of hydrogen-bond donors (Lipinski definition) is 2. The normalized spacial score (nSPS) is 11.2. The van der Waals surface area contributed by atoms with Gasteiger partial charge in [0.15, 0.2) is 9.84 Å². The molecular weight excluding hydrogens is 240 g/mol. The molecule has 94 valence electrons. The summed E-state index contributed by atoms with van der Waals surface area (Å²) in [5.41, 5.74) is 6.10. The third-order valence-electron chi connectivity index (χ3n) is 2.15. The van der Waals surface area contributed by atoms with Crippen LogP contribution in [0.1, 0.15) is 23.7 Å². The summed E-state index contributed by atoms with van der Waals surface area (Å²) in [5.74, 6) is -0.316. The van der Waals surface area contributed by atoms with Crippen molar-refractivity contribution in [3.63, 3.8) is 0 Å². The van der Waals surface area contributed by atoms with E-state index >= 15 is 0 Å². The molecule has 0 atom stereocenters. The maximum Gasteiger partial charge on any atom is 0.251 e. The fraction of sp³-hybridized carbons (Fsp3) is 0.364. The lowest BCUT2D eigenvalue weighted by Gasteiger charge is -2.07. The number of nitrogens with one attached hydrogen (secondary N) is 1. The van der Waals surface area contributed by atoms with Crippen LogP contribution in [0.4, 0.5) is 5.69 Å². The van der Waals surface area contributed by atoms with Gasteiger partial charge >= 0.3 is 0 Å². The first-order valence-electron chi connectivity index (χ1n) is 5.23. The van der Waals surface area contributed by atoms with Crippen LogP contribution in [-0.4, -0.2) is 27.1 Å². The molecule has 0 aliphatic carbocycles. The van der Waals surface area contributed by atoms with Gasteiger partial charge in [0.2, 0.25) is 0 Å². The Balaban J connectivity index is 3.10. The summed E-state index contributed by atoms with van der Waals surface area (Å²) in [4.78, 5) is 11.7. The minimum atomic E-state index is -3.36. The number of carbonyl (C=O) groups is 1. The lowest BCUT2D eigenvalue weighted by Crippen LogP contribution is -2.24. The van der Waals surface area contributed by atoms with Gasteiger partial charge in [-0.2, -0.15) is 0 Å². The second-order valence-electron chi connectivity index (χ2n) is 3.82. The molecule has 0 aliphatic heterocycles. The largest absolute Gasteiger partial charge is 0.399 e. The van der Waals surface area contributed by atoms with E-state index in [1.54, 1.807) is 0 Å². The lowest BCUT2D eigenvalue weighted by atomic mass is 10.2. The monoisotopic (exact) mass is 256 g/mol. The number of nitrogens with two attached hydrogens (primary N) is 1. The van der Waals surface area contributed by atoms with Crippen LogP contribution in [-0.2, 0) is 9.84 Å². The predicted molar refractivity (Wildman–Crippen MR) is 66.6 cm³/mol. The minimum Gasteiger partial charge on any atom is -0.399 e. The zero-order valence-electron chi connectivity index (χ0n) is 9.86. The van der Waals surface area contributed by atoms with Gasteiger partial charge in [-0.25, -0.2) is 8.42 Å². The van der Waals surface area contributed by atoms with E-state index in [1.807, 2.05) is 6.92 Å². The molecule has 1 aromatic rings. The fourth-order valence-corrected chi connectivity index (χ4v) is 2.00. The summed E-state index contributed by atoms with van der Waals surface area (Å²) in [6, 6.07) is 4.13. The summed E-state index contributed by atoms with van der Waals surface area (Å²) in [7, 11) is -3.36. The maximum absolute atomic E-state index is 11.7.